The average Bonchev–Trinajstić information content (AvgIpc) is 2.44. The van der Waals surface area contributed by atoms with Gasteiger partial charge in [0.15, 0.2) is 0 Å². The molecule has 3 heteroatoms. The Bertz CT molecular complexity index is 561. The first-order valence-corrected chi connectivity index (χ1v) is 7.96. The van der Waals surface area contributed by atoms with Crippen LogP contribution in [-0.4, -0.2) is 0 Å². The molecule has 0 spiro atoms. The van der Waals surface area contributed by atoms with Crippen LogP contribution in [0.15, 0.2) is 42.5 Å². The van der Waals surface area contributed by atoms with Crippen molar-refractivity contribution in [2.45, 2.75) is 31.6 Å². The minimum Gasteiger partial charge on any atom is -0.117 e. The summed E-state index contributed by atoms with van der Waals surface area (Å²) < 4.78 is 0. The Morgan fingerprint density at radius 2 is 1.55 bits per heavy atom. The maximum Gasteiger partial charge on any atom is 0.0625 e. The van der Waals surface area contributed by atoms with Crippen LogP contribution in [0.25, 0.3) is 0 Å². The summed E-state index contributed by atoms with van der Waals surface area (Å²) >= 11 is 18.4. The van der Waals surface area contributed by atoms with E-state index in [9.17, 15) is 0 Å². The van der Waals surface area contributed by atoms with Crippen molar-refractivity contribution < 1.29 is 0 Å². The summed E-state index contributed by atoms with van der Waals surface area (Å²) in [5.41, 5.74) is 3.59. The summed E-state index contributed by atoms with van der Waals surface area (Å²) in [5, 5.41) is 1.10. The third-order valence-corrected chi connectivity index (χ3v) is 4.42. The topological polar surface area (TPSA) is 0 Å². The zero-order valence-corrected chi connectivity index (χ0v) is 13.6. The van der Waals surface area contributed by atoms with Gasteiger partial charge in [0.05, 0.1) is 15.4 Å². The molecular formula is C17H17Cl3. The number of benzene rings is 2. The van der Waals surface area contributed by atoms with Crippen molar-refractivity contribution in [1.82, 2.24) is 0 Å². The van der Waals surface area contributed by atoms with Crippen LogP contribution in [0.3, 0.4) is 0 Å². The van der Waals surface area contributed by atoms with E-state index < -0.39 is 0 Å². The maximum absolute atomic E-state index is 6.49. The molecule has 2 aromatic carbocycles. The zero-order chi connectivity index (χ0) is 14.5. The highest BCUT2D eigenvalue weighted by atomic mass is 35.5. The van der Waals surface area contributed by atoms with Gasteiger partial charge >= 0.3 is 0 Å². The van der Waals surface area contributed by atoms with E-state index in [1.165, 1.54) is 5.56 Å². The highest BCUT2D eigenvalue weighted by Gasteiger charge is 2.10. The molecule has 0 fully saturated rings. The number of hydrogen-bond acceptors (Lipinski definition) is 0. The largest absolute Gasteiger partial charge is 0.117 e. The predicted molar refractivity (Wildman–Crippen MR) is 89.2 cm³/mol. The molecule has 0 aliphatic carbocycles. The third-order valence-electron chi connectivity index (χ3n) is 3.28. The number of halogens is 3. The fourth-order valence-corrected chi connectivity index (χ4v) is 2.82. The van der Waals surface area contributed by atoms with E-state index in [1.54, 1.807) is 0 Å². The lowest BCUT2D eigenvalue weighted by Gasteiger charge is -2.11. The van der Waals surface area contributed by atoms with Gasteiger partial charge in [0, 0.05) is 0 Å². The molecule has 0 nitrogen and oxygen atoms in total. The Kier molecular flexibility index (Phi) is 5.77. The van der Waals surface area contributed by atoms with Crippen LogP contribution in [0, 0.1) is 0 Å². The van der Waals surface area contributed by atoms with E-state index in [0.717, 1.165) is 30.4 Å². The van der Waals surface area contributed by atoms with Gasteiger partial charge in [-0.1, -0.05) is 66.9 Å². The Morgan fingerprint density at radius 1 is 0.900 bits per heavy atom. The van der Waals surface area contributed by atoms with E-state index in [0.29, 0.717) is 10.0 Å². The molecule has 0 saturated heterocycles. The molecule has 2 rings (SSSR count). The Morgan fingerprint density at radius 3 is 2.15 bits per heavy atom. The summed E-state index contributed by atoms with van der Waals surface area (Å²) in [6.07, 6.45) is 3.01. The molecular weight excluding hydrogens is 311 g/mol. The van der Waals surface area contributed by atoms with Crippen molar-refractivity contribution in [2.75, 3.05) is 0 Å². The van der Waals surface area contributed by atoms with E-state index in [4.69, 9.17) is 34.8 Å². The van der Waals surface area contributed by atoms with Gasteiger partial charge in [0.2, 0.25) is 0 Å². The van der Waals surface area contributed by atoms with Crippen molar-refractivity contribution in [1.29, 1.82) is 0 Å². The van der Waals surface area contributed by atoms with Gasteiger partial charge in [-0.15, -0.1) is 11.6 Å². The van der Waals surface area contributed by atoms with E-state index in [2.05, 4.69) is 31.2 Å². The van der Waals surface area contributed by atoms with Gasteiger partial charge in [-0.05, 0) is 41.7 Å². The molecule has 0 bridgehead atoms. The predicted octanol–water partition coefficient (Wildman–Crippen LogP) is 6.47. The lowest BCUT2D eigenvalue weighted by molar-refractivity contribution is 0.902. The first-order valence-electron chi connectivity index (χ1n) is 6.77. The number of alkyl halides is 1. The minimum absolute atomic E-state index is 0.0529. The number of hydrogen-bond donors (Lipinski definition) is 0. The molecule has 0 saturated carbocycles. The van der Waals surface area contributed by atoms with Crippen molar-refractivity contribution in [3.05, 3.63) is 69.2 Å². The lowest BCUT2D eigenvalue weighted by Crippen LogP contribution is -1.96. The molecule has 0 radical (unpaired) electrons. The van der Waals surface area contributed by atoms with Crippen LogP contribution in [0.1, 0.15) is 35.4 Å². The van der Waals surface area contributed by atoms with Crippen molar-refractivity contribution in [2.24, 2.45) is 0 Å². The number of aryl methyl sites for hydroxylation is 1. The second-order valence-corrected chi connectivity index (χ2v) is 6.25. The summed E-state index contributed by atoms with van der Waals surface area (Å²) in [6, 6.07) is 14.2. The smallest absolute Gasteiger partial charge is 0.0625 e. The highest BCUT2D eigenvalue weighted by Crippen LogP contribution is 2.29. The van der Waals surface area contributed by atoms with Gasteiger partial charge in [0.25, 0.3) is 0 Å². The minimum atomic E-state index is -0.0529. The van der Waals surface area contributed by atoms with Crippen molar-refractivity contribution >= 4 is 34.8 Å². The molecule has 1 unspecified atom stereocenters. The van der Waals surface area contributed by atoms with E-state index in [1.807, 2.05) is 18.2 Å². The van der Waals surface area contributed by atoms with Gasteiger partial charge in [-0.2, -0.15) is 0 Å². The van der Waals surface area contributed by atoms with E-state index in [-0.39, 0.29) is 5.38 Å². The van der Waals surface area contributed by atoms with Gasteiger partial charge in [-0.25, -0.2) is 0 Å². The molecule has 0 aromatic heterocycles. The fourth-order valence-electron chi connectivity index (χ4n) is 2.17. The van der Waals surface area contributed by atoms with Gasteiger partial charge in [0.1, 0.15) is 0 Å². The van der Waals surface area contributed by atoms with Crippen LogP contribution in [0.5, 0.6) is 0 Å². The lowest BCUT2D eigenvalue weighted by atomic mass is 10.0. The first-order chi connectivity index (χ1) is 9.60. The molecule has 0 heterocycles. The van der Waals surface area contributed by atoms with Gasteiger partial charge in [-0.3, -0.25) is 0 Å². The number of rotatable bonds is 5. The molecule has 0 N–H and O–H groups in total. The molecule has 2 aromatic rings. The Hall–Kier alpha value is -0.690. The monoisotopic (exact) mass is 326 g/mol. The van der Waals surface area contributed by atoms with Crippen LogP contribution in [0.4, 0.5) is 0 Å². The first kappa shape index (κ1) is 15.7. The van der Waals surface area contributed by atoms with Crippen LogP contribution < -0.4 is 0 Å². The second kappa shape index (κ2) is 7.36. The molecule has 20 heavy (non-hydrogen) atoms. The second-order valence-electron chi connectivity index (χ2n) is 4.91. The molecule has 0 aliphatic heterocycles. The SMILES string of the molecule is CCCc1ccc(C(Cl)Cc2ccc(Cl)c(Cl)c2)cc1. The average molecular weight is 328 g/mol. The summed E-state index contributed by atoms with van der Waals surface area (Å²) in [4.78, 5) is 0. The standard InChI is InChI=1S/C17H17Cl3/c1-2-3-12-4-7-14(8-5-12)16(19)10-13-6-9-15(18)17(20)11-13/h4-9,11,16H,2-3,10H2,1H3. The van der Waals surface area contributed by atoms with Crippen LogP contribution in [0.2, 0.25) is 10.0 Å². The molecule has 1 atom stereocenters. The highest BCUT2D eigenvalue weighted by molar-refractivity contribution is 6.42. The Balaban J connectivity index is 2.06. The molecule has 106 valence electrons. The fraction of sp³-hybridized carbons (Fsp3) is 0.294. The normalized spacial score (nSPS) is 12.4. The van der Waals surface area contributed by atoms with E-state index >= 15 is 0 Å². The molecule has 0 amide bonds. The van der Waals surface area contributed by atoms with Crippen molar-refractivity contribution in [3.8, 4) is 0 Å². The maximum atomic E-state index is 6.49. The van der Waals surface area contributed by atoms with Crippen LogP contribution >= 0.6 is 34.8 Å². The van der Waals surface area contributed by atoms with Crippen molar-refractivity contribution in [3.63, 3.8) is 0 Å². The summed E-state index contributed by atoms with van der Waals surface area (Å²) in [7, 11) is 0. The third kappa shape index (κ3) is 4.15. The van der Waals surface area contributed by atoms with Gasteiger partial charge < -0.3 is 0 Å². The summed E-state index contributed by atoms with van der Waals surface area (Å²) in [5.74, 6) is 0. The quantitative estimate of drug-likeness (QED) is 0.552. The summed E-state index contributed by atoms with van der Waals surface area (Å²) in [6.45, 7) is 2.18. The Labute approximate surface area is 135 Å². The van der Waals surface area contributed by atoms with Crippen LogP contribution in [-0.2, 0) is 12.8 Å². The zero-order valence-electron chi connectivity index (χ0n) is 11.4. The molecule has 0 aliphatic rings.